The predicted octanol–water partition coefficient (Wildman–Crippen LogP) is 2.67. The van der Waals surface area contributed by atoms with E-state index in [0.717, 1.165) is 18.6 Å². The number of amides is 3. The molecule has 0 aromatic heterocycles. The molecule has 0 bridgehead atoms. The molecular formula is C19H27N3O2S. The number of rotatable bonds is 5. The number of benzene rings is 1. The molecule has 1 spiro atoms. The normalized spacial score (nSPS) is 29.5. The van der Waals surface area contributed by atoms with Crippen molar-refractivity contribution in [3.63, 3.8) is 0 Å². The van der Waals surface area contributed by atoms with Crippen LogP contribution in [-0.4, -0.2) is 59.9 Å². The monoisotopic (exact) mass is 361 g/mol. The van der Waals surface area contributed by atoms with E-state index in [-0.39, 0.29) is 17.5 Å². The summed E-state index contributed by atoms with van der Waals surface area (Å²) in [6.07, 6.45) is 5.06. The van der Waals surface area contributed by atoms with Crippen molar-refractivity contribution in [2.24, 2.45) is 0 Å². The molecule has 2 aliphatic rings. The Morgan fingerprint density at radius 1 is 1.12 bits per heavy atom. The van der Waals surface area contributed by atoms with Crippen LogP contribution in [0.25, 0.3) is 0 Å². The summed E-state index contributed by atoms with van der Waals surface area (Å²) < 4.78 is 0. The summed E-state index contributed by atoms with van der Waals surface area (Å²) in [5.41, 5.74) is 0.499. The molecule has 1 aliphatic carbocycles. The summed E-state index contributed by atoms with van der Waals surface area (Å²) in [5.74, 6) is 0.743. The Bertz CT molecular complexity index is 639. The van der Waals surface area contributed by atoms with Crippen LogP contribution in [0.5, 0.6) is 0 Å². The molecule has 1 aromatic carbocycles. The van der Waals surface area contributed by atoms with Crippen molar-refractivity contribution in [1.82, 2.24) is 15.1 Å². The van der Waals surface area contributed by atoms with Gasteiger partial charge in [0.1, 0.15) is 5.54 Å². The van der Waals surface area contributed by atoms with Gasteiger partial charge in [-0.1, -0.05) is 30.3 Å². The lowest BCUT2D eigenvalue weighted by atomic mass is 9.68. The maximum absolute atomic E-state index is 12.9. The van der Waals surface area contributed by atoms with E-state index in [0.29, 0.717) is 19.4 Å². The molecule has 3 amide bonds. The van der Waals surface area contributed by atoms with Gasteiger partial charge in [-0.05, 0) is 51.6 Å². The molecule has 0 radical (unpaired) electrons. The molecule has 1 aliphatic heterocycles. The average molecular weight is 362 g/mol. The van der Waals surface area contributed by atoms with E-state index < -0.39 is 5.54 Å². The van der Waals surface area contributed by atoms with Crippen molar-refractivity contribution < 1.29 is 9.59 Å². The quantitative estimate of drug-likeness (QED) is 0.819. The third kappa shape index (κ3) is 3.06. The smallest absolute Gasteiger partial charge is 0.323 e. The Hall–Kier alpha value is -1.53. The number of urea groups is 1. The molecule has 136 valence electrons. The van der Waals surface area contributed by atoms with Gasteiger partial charge in [0.25, 0.3) is 5.91 Å². The van der Waals surface area contributed by atoms with Gasteiger partial charge in [-0.15, -0.1) is 0 Å². The van der Waals surface area contributed by atoms with Crippen molar-refractivity contribution >= 4 is 23.7 Å². The number of hydrogen-bond acceptors (Lipinski definition) is 4. The van der Waals surface area contributed by atoms with Gasteiger partial charge < -0.3 is 5.32 Å². The lowest BCUT2D eigenvalue weighted by Crippen LogP contribution is -2.55. The third-order valence-corrected chi connectivity index (χ3v) is 6.45. The van der Waals surface area contributed by atoms with Crippen molar-refractivity contribution in [3.05, 3.63) is 35.9 Å². The van der Waals surface area contributed by atoms with E-state index in [1.807, 2.05) is 12.3 Å². The van der Waals surface area contributed by atoms with Crippen LogP contribution in [0, 0.1) is 0 Å². The maximum Gasteiger partial charge on any atom is 0.325 e. The SMILES string of the molecule is CSCCN1C(=O)NC2(CCC(c3ccccc3)(N(C)C)CC2)C1=O. The number of carbonyl (C=O) groups is 2. The molecule has 1 N–H and O–H groups in total. The van der Waals surface area contributed by atoms with Gasteiger partial charge >= 0.3 is 6.03 Å². The second kappa shape index (κ2) is 7.00. The molecule has 1 heterocycles. The van der Waals surface area contributed by atoms with Gasteiger partial charge in [0.05, 0.1) is 0 Å². The Labute approximate surface area is 154 Å². The molecule has 1 saturated carbocycles. The van der Waals surface area contributed by atoms with Crippen LogP contribution >= 0.6 is 11.8 Å². The third-order valence-electron chi connectivity index (χ3n) is 5.86. The van der Waals surface area contributed by atoms with Gasteiger partial charge in [0.15, 0.2) is 0 Å². The van der Waals surface area contributed by atoms with Gasteiger partial charge in [0.2, 0.25) is 0 Å². The number of nitrogens with zero attached hydrogens (tertiary/aromatic N) is 2. The fraction of sp³-hybridized carbons (Fsp3) is 0.579. The standard InChI is InChI=1S/C19H27N3O2S/c1-21(2)19(15-7-5-4-6-8-15)11-9-18(10-12-19)16(23)22(13-14-25-3)17(24)20-18/h4-8H,9-14H2,1-3H3,(H,20,24). The predicted molar refractivity (Wildman–Crippen MR) is 102 cm³/mol. The first kappa shape index (κ1) is 18.3. The summed E-state index contributed by atoms with van der Waals surface area (Å²) in [4.78, 5) is 28.9. The number of nitrogens with one attached hydrogen (secondary N) is 1. The Morgan fingerprint density at radius 2 is 1.76 bits per heavy atom. The van der Waals surface area contributed by atoms with E-state index >= 15 is 0 Å². The van der Waals surface area contributed by atoms with E-state index in [9.17, 15) is 9.59 Å². The molecule has 3 rings (SSSR count). The summed E-state index contributed by atoms with van der Waals surface area (Å²) in [5, 5.41) is 3.02. The first-order valence-corrected chi connectivity index (χ1v) is 10.2. The van der Waals surface area contributed by atoms with Crippen LogP contribution in [0.4, 0.5) is 4.79 Å². The fourth-order valence-electron chi connectivity index (χ4n) is 4.23. The highest BCUT2D eigenvalue weighted by Gasteiger charge is 2.55. The summed E-state index contributed by atoms with van der Waals surface area (Å²) >= 11 is 1.65. The number of thioether (sulfide) groups is 1. The molecule has 1 saturated heterocycles. The topological polar surface area (TPSA) is 52.7 Å². The van der Waals surface area contributed by atoms with E-state index in [4.69, 9.17) is 0 Å². The average Bonchev–Trinajstić information content (AvgIpc) is 2.85. The van der Waals surface area contributed by atoms with Crippen LogP contribution in [0.1, 0.15) is 31.2 Å². The minimum atomic E-state index is -0.705. The molecular weight excluding hydrogens is 334 g/mol. The van der Waals surface area contributed by atoms with E-state index in [1.54, 1.807) is 11.8 Å². The minimum Gasteiger partial charge on any atom is -0.323 e. The van der Waals surface area contributed by atoms with Crippen molar-refractivity contribution in [2.45, 2.75) is 36.8 Å². The van der Waals surface area contributed by atoms with Crippen LogP contribution in [0.3, 0.4) is 0 Å². The summed E-state index contributed by atoms with van der Waals surface area (Å²) in [6, 6.07) is 10.3. The second-order valence-corrected chi connectivity index (χ2v) is 8.24. The van der Waals surface area contributed by atoms with Gasteiger partial charge in [-0.2, -0.15) is 11.8 Å². The van der Waals surface area contributed by atoms with Crippen LogP contribution in [0.2, 0.25) is 0 Å². The first-order chi connectivity index (χ1) is 11.9. The Balaban J connectivity index is 1.81. The number of hydrogen-bond donors (Lipinski definition) is 1. The lowest BCUT2D eigenvalue weighted by molar-refractivity contribution is -0.133. The summed E-state index contributed by atoms with van der Waals surface area (Å²) in [6.45, 7) is 0.491. The van der Waals surface area contributed by atoms with Crippen molar-refractivity contribution in [1.29, 1.82) is 0 Å². The molecule has 2 fully saturated rings. The minimum absolute atomic E-state index is 0.0352. The second-order valence-electron chi connectivity index (χ2n) is 7.25. The lowest BCUT2D eigenvalue weighted by Gasteiger charge is -2.48. The first-order valence-electron chi connectivity index (χ1n) is 8.81. The number of carbonyl (C=O) groups excluding carboxylic acids is 2. The maximum atomic E-state index is 12.9. The molecule has 0 atom stereocenters. The van der Waals surface area contributed by atoms with Crippen LogP contribution in [0.15, 0.2) is 30.3 Å². The van der Waals surface area contributed by atoms with E-state index in [1.165, 1.54) is 10.5 Å². The van der Waals surface area contributed by atoms with Crippen molar-refractivity contribution in [2.75, 3.05) is 32.6 Å². The van der Waals surface area contributed by atoms with E-state index in [2.05, 4.69) is 48.6 Å². The fourth-order valence-corrected chi connectivity index (χ4v) is 4.60. The van der Waals surface area contributed by atoms with Crippen molar-refractivity contribution in [3.8, 4) is 0 Å². The zero-order valence-corrected chi connectivity index (χ0v) is 16.1. The highest BCUT2D eigenvalue weighted by Crippen LogP contribution is 2.46. The molecule has 6 heteroatoms. The summed E-state index contributed by atoms with van der Waals surface area (Å²) in [7, 11) is 4.20. The van der Waals surface area contributed by atoms with Crippen LogP contribution < -0.4 is 5.32 Å². The zero-order chi connectivity index (χ0) is 18.1. The molecule has 1 aromatic rings. The number of imide groups is 1. The largest absolute Gasteiger partial charge is 0.325 e. The highest BCUT2D eigenvalue weighted by molar-refractivity contribution is 7.98. The van der Waals surface area contributed by atoms with Gasteiger partial charge in [-0.3, -0.25) is 14.6 Å². The Morgan fingerprint density at radius 3 is 2.32 bits per heavy atom. The van der Waals surface area contributed by atoms with Crippen LogP contribution in [-0.2, 0) is 10.3 Å². The zero-order valence-electron chi connectivity index (χ0n) is 15.2. The Kier molecular flexibility index (Phi) is 5.11. The molecule has 25 heavy (non-hydrogen) atoms. The highest BCUT2D eigenvalue weighted by atomic mass is 32.2. The molecule has 5 nitrogen and oxygen atoms in total. The molecule has 0 unspecified atom stereocenters. The van der Waals surface area contributed by atoms with Gasteiger partial charge in [-0.25, -0.2) is 4.79 Å². The van der Waals surface area contributed by atoms with Gasteiger partial charge in [0, 0.05) is 17.8 Å².